The Morgan fingerprint density at radius 1 is 1.50 bits per heavy atom. The summed E-state index contributed by atoms with van der Waals surface area (Å²) in [6, 6.07) is 4.49. The van der Waals surface area contributed by atoms with Crippen LogP contribution < -0.4 is 4.90 Å². The molecule has 1 aliphatic rings. The summed E-state index contributed by atoms with van der Waals surface area (Å²) in [5, 5.41) is 21.3. The predicted molar refractivity (Wildman–Crippen MR) is 75.2 cm³/mol. The van der Waals surface area contributed by atoms with Crippen LogP contribution >= 0.6 is 0 Å². The lowest BCUT2D eigenvalue weighted by atomic mass is 9.94. The minimum Gasteiger partial charge on any atom is -0.388 e. The highest BCUT2D eigenvalue weighted by molar-refractivity contribution is 5.95. The van der Waals surface area contributed by atoms with E-state index < -0.39 is 10.5 Å². The molecule has 1 aromatic carbocycles. The lowest BCUT2D eigenvalue weighted by molar-refractivity contribution is -0.384. The number of rotatable bonds is 3. The maximum atomic E-state index is 11.3. The van der Waals surface area contributed by atoms with Crippen LogP contribution in [0.3, 0.4) is 0 Å². The third kappa shape index (κ3) is 2.96. The zero-order chi connectivity index (χ0) is 14.9. The molecule has 1 unspecified atom stereocenters. The van der Waals surface area contributed by atoms with Crippen LogP contribution in [0.4, 0.5) is 11.4 Å². The molecular weight excluding hydrogens is 260 g/mol. The van der Waals surface area contributed by atoms with E-state index in [1.54, 1.807) is 19.1 Å². The van der Waals surface area contributed by atoms with Gasteiger partial charge in [0.25, 0.3) is 5.69 Å². The van der Waals surface area contributed by atoms with Crippen molar-refractivity contribution in [3.05, 3.63) is 33.9 Å². The monoisotopic (exact) mass is 278 g/mol. The number of anilines is 1. The minimum absolute atomic E-state index is 0.0876. The van der Waals surface area contributed by atoms with Gasteiger partial charge in [-0.25, -0.2) is 0 Å². The lowest BCUT2D eigenvalue weighted by Gasteiger charge is -2.37. The number of aliphatic hydroxyl groups is 1. The highest BCUT2D eigenvalue weighted by Gasteiger charge is 2.31. The molecule has 108 valence electrons. The molecule has 6 heteroatoms. The van der Waals surface area contributed by atoms with Crippen molar-refractivity contribution in [1.82, 2.24) is 0 Å². The largest absolute Gasteiger partial charge is 0.388 e. The van der Waals surface area contributed by atoms with Crippen molar-refractivity contribution in [1.29, 1.82) is 0 Å². The van der Waals surface area contributed by atoms with Gasteiger partial charge in [-0.05, 0) is 38.8 Å². The molecular formula is C14H18N2O4. The molecule has 0 saturated carbocycles. The van der Waals surface area contributed by atoms with Crippen LogP contribution in [0.1, 0.15) is 37.0 Å². The van der Waals surface area contributed by atoms with E-state index in [9.17, 15) is 20.0 Å². The Bertz CT molecular complexity index is 554. The van der Waals surface area contributed by atoms with Crippen LogP contribution in [0.25, 0.3) is 0 Å². The average Bonchev–Trinajstić information content (AvgIpc) is 2.36. The van der Waals surface area contributed by atoms with Gasteiger partial charge in [-0.1, -0.05) is 0 Å². The summed E-state index contributed by atoms with van der Waals surface area (Å²) in [5.74, 6) is -0.203. The molecule has 0 aromatic heterocycles. The Morgan fingerprint density at radius 2 is 2.20 bits per heavy atom. The van der Waals surface area contributed by atoms with Gasteiger partial charge in [-0.2, -0.15) is 0 Å². The van der Waals surface area contributed by atoms with Crippen LogP contribution in [0.15, 0.2) is 18.2 Å². The summed E-state index contributed by atoms with van der Waals surface area (Å²) in [4.78, 5) is 23.9. The second-order valence-corrected chi connectivity index (χ2v) is 5.54. The Morgan fingerprint density at radius 3 is 2.75 bits per heavy atom. The van der Waals surface area contributed by atoms with E-state index >= 15 is 0 Å². The summed E-state index contributed by atoms with van der Waals surface area (Å²) < 4.78 is 0. The zero-order valence-electron chi connectivity index (χ0n) is 11.6. The highest BCUT2D eigenvalue weighted by Crippen LogP contribution is 2.33. The third-order valence-electron chi connectivity index (χ3n) is 3.59. The van der Waals surface area contributed by atoms with Crippen LogP contribution in [-0.2, 0) is 0 Å². The van der Waals surface area contributed by atoms with Crippen LogP contribution in [0, 0.1) is 10.1 Å². The van der Waals surface area contributed by atoms with Gasteiger partial charge in [0.1, 0.15) is 5.69 Å². The maximum Gasteiger partial charge on any atom is 0.293 e. The second kappa shape index (κ2) is 5.20. The summed E-state index contributed by atoms with van der Waals surface area (Å²) >= 11 is 0. The first kappa shape index (κ1) is 14.5. The summed E-state index contributed by atoms with van der Waals surface area (Å²) in [6.07, 6.45) is 1.46. The smallest absolute Gasteiger partial charge is 0.293 e. The SMILES string of the molecule is CC(=O)c1ccc(N2CCCC(C)(O)C2)c([N+](=O)[O-])c1. The number of carbonyl (C=O) groups is 1. The molecule has 1 N–H and O–H groups in total. The number of nitrogens with zero attached hydrogens (tertiary/aromatic N) is 2. The summed E-state index contributed by atoms with van der Waals surface area (Å²) in [7, 11) is 0. The number of Topliss-reactive ketones (excluding diaryl/α,β-unsaturated/α-hetero) is 1. The van der Waals surface area contributed by atoms with Crippen LogP contribution in [0.5, 0.6) is 0 Å². The minimum atomic E-state index is -0.842. The fourth-order valence-corrected chi connectivity index (χ4v) is 2.58. The Kier molecular flexibility index (Phi) is 3.76. The van der Waals surface area contributed by atoms with E-state index in [1.807, 2.05) is 4.90 Å². The highest BCUT2D eigenvalue weighted by atomic mass is 16.6. The van der Waals surface area contributed by atoms with E-state index in [-0.39, 0.29) is 11.5 Å². The third-order valence-corrected chi connectivity index (χ3v) is 3.59. The molecule has 6 nitrogen and oxygen atoms in total. The van der Waals surface area contributed by atoms with Crippen molar-refractivity contribution >= 4 is 17.2 Å². The Balaban J connectivity index is 2.40. The van der Waals surface area contributed by atoms with Gasteiger partial charge < -0.3 is 10.0 Å². The first-order valence-electron chi connectivity index (χ1n) is 6.57. The molecule has 1 saturated heterocycles. The van der Waals surface area contributed by atoms with Gasteiger partial charge in [-0.3, -0.25) is 14.9 Å². The van der Waals surface area contributed by atoms with Gasteiger partial charge in [0.05, 0.1) is 10.5 Å². The number of nitro groups is 1. The molecule has 20 heavy (non-hydrogen) atoms. The van der Waals surface area contributed by atoms with E-state index in [2.05, 4.69) is 0 Å². The van der Waals surface area contributed by atoms with E-state index in [1.165, 1.54) is 13.0 Å². The van der Waals surface area contributed by atoms with Crippen molar-refractivity contribution < 1.29 is 14.8 Å². The number of hydrogen-bond donors (Lipinski definition) is 1. The molecule has 1 atom stereocenters. The molecule has 0 spiro atoms. The van der Waals surface area contributed by atoms with Gasteiger partial charge in [0, 0.05) is 24.7 Å². The van der Waals surface area contributed by atoms with Crippen molar-refractivity contribution in [3.8, 4) is 0 Å². The molecule has 1 aromatic rings. The first-order chi connectivity index (χ1) is 9.30. The van der Waals surface area contributed by atoms with Gasteiger partial charge >= 0.3 is 0 Å². The van der Waals surface area contributed by atoms with E-state index in [0.717, 1.165) is 6.42 Å². The van der Waals surface area contributed by atoms with E-state index in [0.29, 0.717) is 30.8 Å². The van der Waals surface area contributed by atoms with Gasteiger partial charge in [0.2, 0.25) is 0 Å². The Hall–Kier alpha value is -1.95. The molecule has 0 amide bonds. The molecule has 0 bridgehead atoms. The number of nitro benzene ring substituents is 1. The van der Waals surface area contributed by atoms with Crippen molar-refractivity contribution in [2.75, 3.05) is 18.0 Å². The van der Waals surface area contributed by atoms with Crippen molar-refractivity contribution in [3.63, 3.8) is 0 Å². The normalized spacial score (nSPS) is 22.6. The molecule has 1 heterocycles. The van der Waals surface area contributed by atoms with Crippen LogP contribution in [-0.4, -0.2) is 34.5 Å². The van der Waals surface area contributed by atoms with Crippen molar-refractivity contribution in [2.45, 2.75) is 32.3 Å². The molecule has 1 fully saturated rings. The number of ketones is 1. The molecule has 0 aliphatic carbocycles. The number of benzene rings is 1. The molecule has 2 rings (SSSR count). The summed E-state index contributed by atoms with van der Waals surface area (Å²) in [5.41, 5.74) is -0.148. The molecule has 0 radical (unpaired) electrons. The van der Waals surface area contributed by atoms with Crippen molar-refractivity contribution in [2.24, 2.45) is 0 Å². The topological polar surface area (TPSA) is 83.7 Å². The average molecular weight is 278 g/mol. The zero-order valence-corrected chi connectivity index (χ0v) is 11.6. The number of carbonyl (C=O) groups excluding carboxylic acids is 1. The molecule has 1 aliphatic heterocycles. The quantitative estimate of drug-likeness (QED) is 0.520. The fourth-order valence-electron chi connectivity index (χ4n) is 2.58. The van der Waals surface area contributed by atoms with Gasteiger partial charge in [-0.15, -0.1) is 0 Å². The fraction of sp³-hybridized carbons (Fsp3) is 0.500. The van der Waals surface area contributed by atoms with Gasteiger partial charge in [0.15, 0.2) is 5.78 Å². The van der Waals surface area contributed by atoms with E-state index in [4.69, 9.17) is 0 Å². The predicted octanol–water partition coefficient (Wildman–Crippen LogP) is 2.15. The Labute approximate surface area is 117 Å². The second-order valence-electron chi connectivity index (χ2n) is 5.54. The maximum absolute atomic E-state index is 11.3. The first-order valence-corrected chi connectivity index (χ1v) is 6.57. The summed E-state index contributed by atoms with van der Waals surface area (Å²) in [6.45, 7) is 4.13. The number of piperidine rings is 1. The number of β-amino-alcohol motifs (C(OH)–C–C–N with tert-alkyl or cyclic N) is 1. The lowest BCUT2D eigenvalue weighted by Crippen LogP contribution is -2.46. The number of hydrogen-bond acceptors (Lipinski definition) is 5. The standard InChI is InChI=1S/C14H18N2O4/c1-10(17)11-4-5-12(13(8-11)16(19)20)15-7-3-6-14(2,18)9-15/h4-5,8,18H,3,6-7,9H2,1-2H3. The van der Waals surface area contributed by atoms with Crippen LogP contribution in [0.2, 0.25) is 0 Å².